The Kier molecular flexibility index (Phi) is 4.22. The summed E-state index contributed by atoms with van der Waals surface area (Å²) >= 11 is 3.32. The molecule has 18 heavy (non-hydrogen) atoms. The molecule has 0 radical (unpaired) electrons. The van der Waals surface area contributed by atoms with Crippen molar-refractivity contribution in [3.05, 3.63) is 33.9 Å². The van der Waals surface area contributed by atoms with Crippen LogP contribution in [0.2, 0.25) is 0 Å². The molecule has 98 valence electrons. The van der Waals surface area contributed by atoms with Crippen LogP contribution in [0.3, 0.4) is 0 Å². The van der Waals surface area contributed by atoms with Crippen LogP contribution < -0.4 is 4.90 Å². The van der Waals surface area contributed by atoms with Gasteiger partial charge in [-0.25, -0.2) is 0 Å². The summed E-state index contributed by atoms with van der Waals surface area (Å²) in [6.45, 7) is 4.36. The highest BCUT2D eigenvalue weighted by Crippen LogP contribution is 2.29. The molecule has 4 nitrogen and oxygen atoms in total. The fourth-order valence-electron chi connectivity index (χ4n) is 2.32. The van der Waals surface area contributed by atoms with Crippen LogP contribution in [-0.2, 0) is 5.33 Å². The summed E-state index contributed by atoms with van der Waals surface area (Å²) in [5, 5.41) is 11.4. The maximum absolute atomic E-state index is 10.9. The van der Waals surface area contributed by atoms with Crippen molar-refractivity contribution in [1.29, 1.82) is 0 Å². The second kappa shape index (κ2) is 5.69. The van der Waals surface area contributed by atoms with Crippen molar-refractivity contribution in [2.75, 3.05) is 18.0 Å². The van der Waals surface area contributed by atoms with Crippen LogP contribution in [-0.4, -0.2) is 18.0 Å². The molecular formula is C13H17BrN2O2. The van der Waals surface area contributed by atoms with Gasteiger partial charge in [0.05, 0.1) is 4.92 Å². The van der Waals surface area contributed by atoms with E-state index < -0.39 is 0 Å². The van der Waals surface area contributed by atoms with Gasteiger partial charge < -0.3 is 4.90 Å². The first kappa shape index (κ1) is 13.3. The smallest absolute Gasteiger partial charge is 0.273 e. The van der Waals surface area contributed by atoms with Crippen molar-refractivity contribution >= 4 is 27.3 Å². The fraction of sp³-hybridized carbons (Fsp3) is 0.538. The molecule has 1 aliphatic rings. The summed E-state index contributed by atoms with van der Waals surface area (Å²) in [4.78, 5) is 12.9. The van der Waals surface area contributed by atoms with Crippen LogP contribution in [0.5, 0.6) is 0 Å². The van der Waals surface area contributed by atoms with Crippen molar-refractivity contribution in [3.8, 4) is 0 Å². The van der Waals surface area contributed by atoms with Crippen LogP contribution in [0.15, 0.2) is 18.2 Å². The predicted octanol–water partition coefficient (Wildman–Crippen LogP) is 3.73. The number of hydrogen-bond donors (Lipinski definition) is 0. The SMILES string of the molecule is CC1CCN(c2ccc([N+](=O)[O-])c(CBr)c2)CC1. The Morgan fingerprint density at radius 1 is 1.44 bits per heavy atom. The van der Waals surface area contributed by atoms with E-state index in [4.69, 9.17) is 0 Å². The van der Waals surface area contributed by atoms with Gasteiger partial charge in [0, 0.05) is 35.7 Å². The number of hydrogen-bond acceptors (Lipinski definition) is 3. The average Bonchev–Trinajstić information content (AvgIpc) is 2.38. The van der Waals surface area contributed by atoms with E-state index in [1.54, 1.807) is 6.07 Å². The zero-order chi connectivity index (χ0) is 13.1. The van der Waals surface area contributed by atoms with Gasteiger partial charge in [-0.3, -0.25) is 10.1 Å². The molecule has 1 aromatic carbocycles. The van der Waals surface area contributed by atoms with E-state index in [-0.39, 0.29) is 10.6 Å². The van der Waals surface area contributed by atoms with Crippen molar-refractivity contribution in [2.24, 2.45) is 5.92 Å². The lowest BCUT2D eigenvalue weighted by molar-refractivity contribution is -0.385. The van der Waals surface area contributed by atoms with E-state index in [2.05, 4.69) is 27.8 Å². The number of piperidine rings is 1. The van der Waals surface area contributed by atoms with E-state index >= 15 is 0 Å². The molecule has 1 heterocycles. The summed E-state index contributed by atoms with van der Waals surface area (Å²) < 4.78 is 0. The molecule has 2 rings (SSSR count). The maximum Gasteiger partial charge on any atom is 0.273 e. The molecule has 0 amide bonds. The minimum Gasteiger partial charge on any atom is -0.372 e. The molecule has 0 aromatic heterocycles. The topological polar surface area (TPSA) is 46.4 Å². The minimum atomic E-state index is -0.321. The lowest BCUT2D eigenvalue weighted by Gasteiger charge is -2.32. The Bertz CT molecular complexity index is 443. The van der Waals surface area contributed by atoms with Crippen LogP contribution in [0.4, 0.5) is 11.4 Å². The summed E-state index contributed by atoms with van der Waals surface area (Å²) in [5.74, 6) is 0.787. The van der Waals surface area contributed by atoms with Crippen molar-refractivity contribution < 1.29 is 4.92 Å². The molecule has 5 heteroatoms. The third-order valence-corrected chi connectivity index (χ3v) is 4.16. The first-order chi connectivity index (χ1) is 8.61. The minimum absolute atomic E-state index is 0.195. The number of nitro benzene ring substituents is 1. The highest BCUT2D eigenvalue weighted by atomic mass is 79.9. The standard InChI is InChI=1S/C13H17BrN2O2/c1-10-4-6-15(7-5-10)12-2-3-13(16(17)18)11(8-12)9-14/h2-3,8,10H,4-7,9H2,1H3. The van der Waals surface area contributed by atoms with Gasteiger partial charge in [-0.05, 0) is 30.9 Å². The molecule has 1 aromatic rings. The summed E-state index contributed by atoms with van der Waals surface area (Å²) in [6, 6.07) is 5.41. The van der Waals surface area contributed by atoms with Gasteiger partial charge in [0.25, 0.3) is 5.69 Å². The molecule has 0 atom stereocenters. The van der Waals surface area contributed by atoms with E-state index in [1.165, 1.54) is 12.8 Å². The van der Waals surface area contributed by atoms with E-state index in [0.29, 0.717) is 5.33 Å². The molecule has 0 aliphatic carbocycles. The Labute approximate surface area is 115 Å². The number of anilines is 1. The number of benzene rings is 1. The molecule has 1 aliphatic heterocycles. The van der Waals surface area contributed by atoms with Gasteiger partial charge in [0.1, 0.15) is 0 Å². The Balaban J connectivity index is 2.22. The molecule has 0 unspecified atom stereocenters. The Hall–Kier alpha value is -1.10. The van der Waals surface area contributed by atoms with Gasteiger partial charge in [-0.2, -0.15) is 0 Å². The molecule has 1 fully saturated rings. The molecule has 1 saturated heterocycles. The number of nitrogens with zero attached hydrogens (tertiary/aromatic N) is 2. The number of halogens is 1. The van der Waals surface area contributed by atoms with Gasteiger partial charge >= 0.3 is 0 Å². The van der Waals surface area contributed by atoms with Crippen molar-refractivity contribution in [2.45, 2.75) is 25.1 Å². The molecule has 0 spiro atoms. The first-order valence-corrected chi connectivity index (χ1v) is 7.32. The van der Waals surface area contributed by atoms with Crippen LogP contribution in [0, 0.1) is 16.0 Å². The van der Waals surface area contributed by atoms with Gasteiger partial charge in [0.2, 0.25) is 0 Å². The van der Waals surface area contributed by atoms with Gasteiger partial charge in [-0.15, -0.1) is 0 Å². The monoisotopic (exact) mass is 312 g/mol. The van der Waals surface area contributed by atoms with Crippen LogP contribution in [0.25, 0.3) is 0 Å². The van der Waals surface area contributed by atoms with Crippen molar-refractivity contribution in [1.82, 2.24) is 0 Å². The normalized spacial score (nSPS) is 16.9. The second-order valence-corrected chi connectivity index (χ2v) is 5.43. The Morgan fingerprint density at radius 3 is 2.67 bits per heavy atom. The van der Waals surface area contributed by atoms with Crippen LogP contribution >= 0.6 is 15.9 Å². The van der Waals surface area contributed by atoms with E-state index in [1.807, 2.05) is 12.1 Å². The average molecular weight is 313 g/mol. The second-order valence-electron chi connectivity index (χ2n) is 4.87. The number of rotatable bonds is 3. The Morgan fingerprint density at radius 2 is 2.11 bits per heavy atom. The lowest BCUT2D eigenvalue weighted by atomic mass is 9.98. The first-order valence-electron chi connectivity index (χ1n) is 6.20. The quantitative estimate of drug-likeness (QED) is 0.485. The van der Waals surface area contributed by atoms with E-state index in [0.717, 1.165) is 30.3 Å². The third-order valence-electron chi connectivity index (χ3n) is 3.55. The fourth-order valence-corrected chi connectivity index (χ4v) is 2.77. The molecule has 0 saturated carbocycles. The van der Waals surface area contributed by atoms with Gasteiger partial charge in [0.15, 0.2) is 0 Å². The van der Waals surface area contributed by atoms with Crippen molar-refractivity contribution in [3.63, 3.8) is 0 Å². The predicted molar refractivity (Wildman–Crippen MR) is 76.3 cm³/mol. The summed E-state index contributed by atoms with van der Waals surface area (Å²) in [5.41, 5.74) is 2.04. The maximum atomic E-state index is 10.9. The highest BCUT2D eigenvalue weighted by molar-refractivity contribution is 9.08. The van der Waals surface area contributed by atoms with Crippen LogP contribution in [0.1, 0.15) is 25.3 Å². The summed E-state index contributed by atoms with van der Waals surface area (Å²) in [6.07, 6.45) is 2.39. The number of nitro groups is 1. The van der Waals surface area contributed by atoms with E-state index in [9.17, 15) is 10.1 Å². The molecular weight excluding hydrogens is 296 g/mol. The molecule has 0 bridgehead atoms. The summed E-state index contributed by atoms with van der Waals surface area (Å²) in [7, 11) is 0. The van der Waals surface area contributed by atoms with Gasteiger partial charge in [-0.1, -0.05) is 22.9 Å². The lowest BCUT2D eigenvalue weighted by Crippen LogP contribution is -2.32. The third kappa shape index (κ3) is 2.83. The number of alkyl halides is 1. The highest BCUT2D eigenvalue weighted by Gasteiger charge is 2.19. The molecule has 0 N–H and O–H groups in total. The largest absolute Gasteiger partial charge is 0.372 e. The zero-order valence-corrected chi connectivity index (χ0v) is 12.0. The zero-order valence-electron chi connectivity index (χ0n) is 10.4.